The van der Waals surface area contributed by atoms with Crippen molar-refractivity contribution in [1.29, 1.82) is 0 Å². The van der Waals surface area contributed by atoms with Crippen LogP contribution >= 0.6 is 0 Å². The van der Waals surface area contributed by atoms with Crippen LogP contribution in [0.4, 0.5) is 5.69 Å². The van der Waals surface area contributed by atoms with Gasteiger partial charge < -0.3 is 10.3 Å². The first kappa shape index (κ1) is 13.5. The lowest BCUT2D eigenvalue weighted by atomic mass is 10.4. The summed E-state index contributed by atoms with van der Waals surface area (Å²) in [4.78, 5) is 7.69. The monoisotopic (exact) mass is 281 g/mol. The third kappa shape index (κ3) is 3.52. The van der Waals surface area contributed by atoms with Crippen molar-refractivity contribution in [1.82, 2.24) is 19.3 Å². The minimum absolute atomic E-state index is 0.0117. The fraction of sp³-hybridized carbons (Fsp3) is 0.273. The average molecular weight is 281 g/mol. The van der Waals surface area contributed by atoms with E-state index in [2.05, 4.69) is 14.7 Å². The molecule has 0 amide bonds. The predicted octanol–water partition coefficient (Wildman–Crippen LogP) is 0.229. The molecule has 3 N–H and O–H groups in total. The standard InChI is InChI=1S/C11H15N5O2S/c12-10-2-4-13-8-11(10)19(17,18)15-3-1-6-16-7-5-14-9-16/h2,4-5,7-9,15H,1,3,6H2,(H2,12,13). The van der Waals surface area contributed by atoms with Gasteiger partial charge in [-0.3, -0.25) is 4.98 Å². The van der Waals surface area contributed by atoms with E-state index in [0.29, 0.717) is 19.5 Å². The highest BCUT2D eigenvalue weighted by molar-refractivity contribution is 7.89. The Morgan fingerprint density at radius 1 is 1.32 bits per heavy atom. The Balaban J connectivity index is 1.90. The van der Waals surface area contributed by atoms with E-state index in [-0.39, 0.29) is 10.6 Å². The van der Waals surface area contributed by atoms with Crippen LogP contribution in [-0.4, -0.2) is 29.5 Å². The molecule has 2 rings (SSSR count). The Bertz CT molecular complexity index is 624. The average Bonchev–Trinajstić information content (AvgIpc) is 2.88. The topological polar surface area (TPSA) is 103 Å². The van der Waals surface area contributed by atoms with Gasteiger partial charge in [-0.2, -0.15) is 0 Å². The molecule has 0 unspecified atom stereocenters. The molecule has 7 nitrogen and oxygen atoms in total. The molecule has 0 bridgehead atoms. The second kappa shape index (κ2) is 5.81. The third-order valence-corrected chi connectivity index (χ3v) is 4.05. The van der Waals surface area contributed by atoms with Gasteiger partial charge in [0.1, 0.15) is 4.90 Å². The van der Waals surface area contributed by atoms with Crippen LogP contribution in [0, 0.1) is 0 Å². The van der Waals surface area contributed by atoms with Gasteiger partial charge >= 0.3 is 0 Å². The summed E-state index contributed by atoms with van der Waals surface area (Å²) in [6.45, 7) is 1.03. The van der Waals surface area contributed by atoms with Crippen LogP contribution in [0.1, 0.15) is 6.42 Å². The molecule has 2 aromatic rings. The maximum absolute atomic E-state index is 12.0. The molecule has 0 aliphatic rings. The molecule has 0 saturated heterocycles. The molecule has 0 aliphatic heterocycles. The Morgan fingerprint density at radius 3 is 2.84 bits per heavy atom. The third-order valence-electron chi connectivity index (χ3n) is 2.55. The van der Waals surface area contributed by atoms with Gasteiger partial charge in [0.25, 0.3) is 0 Å². The van der Waals surface area contributed by atoms with Gasteiger partial charge in [-0.25, -0.2) is 18.1 Å². The SMILES string of the molecule is Nc1ccncc1S(=O)(=O)NCCCn1ccnc1. The number of sulfonamides is 1. The van der Waals surface area contributed by atoms with E-state index in [0.717, 1.165) is 0 Å². The number of anilines is 1. The second-order valence-corrected chi connectivity index (χ2v) is 5.70. The Kier molecular flexibility index (Phi) is 4.13. The molecule has 0 fully saturated rings. The lowest BCUT2D eigenvalue weighted by molar-refractivity contribution is 0.570. The van der Waals surface area contributed by atoms with Crippen LogP contribution in [-0.2, 0) is 16.6 Å². The zero-order valence-corrected chi connectivity index (χ0v) is 11.0. The van der Waals surface area contributed by atoms with Gasteiger partial charge in [-0.05, 0) is 12.5 Å². The number of aromatic nitrogens is 3. The molecule has 19 heavy (non-hydrogen) atoms. The molecule has 0 aliphatic carbocycles. The highest BCUT2D eigenvalue weighted by atomic mass is 32.2. The number of nitrogens with zero attached hydrogens (tertiary/aromatic N) is 3. The normalized spacial score (nSPS) is 11.6. The molecule has 0 radical (unpaired) electrons. The van der Waals surface area contributed by atoms with E-state index in [1.54, 1.807) is 12.5 Å². The van der Waals surface area contributed by atoms with E-state index < -0.39 is 10.0 Å². The molecular weight excluding hydrogens is 266 g/mol. The number of aryl methyl sites for hydroxylation is 1. The molecule has 2 heterocycles. The van der Waals surface area contributed by atoms with Gasteiger partial charge in [0.2, 0.25) is 10.0 Å². The van der Waals surface area contributed by atoms with Crippen molar-refractivity contribution < 1.29 is 8.42 Å². The highest BCUT2D eigenvalue weighted by Crippen LogP contribution is 2.15. The Labute approximate surface area is 111 Å². The lowest BCUT2D eigenvalue weighted by Crippen LogP contribution is -2.26. The summed E-state index contributed by atoms with van der Waals surface area (Å²) < 4.78 is 28.3. The van der Waals surface area contributed by atoms with Crippen molar-refractivity contribution in [2.24, 2.45) is 0 Å². The van der Waals surface area contributed by atoms with Crippen molar-refractivity contribution in [2.75, 3.05) is 12.3 Å². The number of rotatable bonds is 6. The molecule has 102 valence electrons. The van der Waals surface area contributed by atoms with Crippen molar-refractivity contribution in [3.63, 3.8) is 0 Å². The summed E-state index contributed by atoms with van der Waals surface area (Å²) in [5, 5.41) is 0. The Morgan fingerprint density at radius 2 is 2.16 bits per heavy atom. The smallest absolute Gasteiger partial charge is 0.244 e. The second-order valence-electron chi connectivity index (χ2n) is 3.97. The van der Waals surface area contributed by atoms with Crippen LogP contribution in [0.3, 0.4) is 0 Å². The highest BCUT2D eigenvalue weighted by Gasteiger charge is 2.16. The fourth-order valence-electron chi connectivity index (χ4n) is 1.58. The van der Waals surface area contributed by atoms with Gasteiger partial charge in [0.05, 0.1) is 12.0 Å². The zero-order chi connectivity index (χ0) is 13.7. The molecule has 0 atom stereocenters. The van der Waals surface area contributed by atoms with Crippen molar-refractivity contribution in [3.8, 4) is 0 Å². The summed E-state index contributed by atoms with van der Waals surface area (Å²) >= 11 is 0. The van der Waals surface area contributed by atoms with E-state index in [1.165, 1.54) is 18.5 Å². The summed E-state index contributed by atoms with van der Waals surface area (Å²) in [5.41, 5.74) is 5.81. The number of nitrogen functional groups attached to an aromatic ring is 1. The van der Waals surface area contributed by atoms with Crippen molar-refractivity contribution in [3.05, 3.63) is 37.2 Å². The molecule has 0 spiro atoms. The van der Waals surface area contributed by atoms with E-state index >= 15 is 0 Å². The van der Waals surface area contributed by atoms with Gasteiger partial charge in [0, 0.05) is 37.9 Å². The van der Waals surface area contributed by atoms with Crippen LogP contribution in [0.25, 0.3) is 0 Å². The van der Waals surface area contributed by atoms with Crippen LogP contribution in [0.15, 0.2) is 42.1 Å². The number of nitrogens with two attached hydrogens (primary N) is 1. The Hall–Kier alpha value is -1.93. The first-order chi connectivity index (χ1) is 9.09. The number of nitrogens with one attached hydrogen (secondary N) is 1. The first-order valence-electron chi connectivity index (χ1n) is 5.74. The minimum Gasteiger partial charge on any atom is -0.398 e. The molecule has 2 aromatic heterocycles. The lowest BCUT2D eigenvalue weighted by Gasteiger charge is -2.08. The van der Waals surface area contributed by atoms with Gasteiger partial charge in [-0.15, -0.1) is 0 Å². The van der Waals surface area contributed by atoms with E-state index in [9.17, 15) is 8.42 Å². The van der Waals surface area contributed by atoms with Crippen molar-refractivity contribution in [2.45, 2.75) is 17.9 Å². The number of hydrogen-bond donors (Lipinski definition) is 2. The van der Waals surface area contributed by atoms with Crippen LogP contribution in [0.2, 0.25) is 0 Å². The summed E-state index contributed by atoms with van der Waals surface area (Å²) in [7, 11) is -3.59. The van der Waals surface area contributed by atoms with E-state index in [4.69, 9.17) is 5.73 Å². The largest absolute Gasteiger partial charge is 0.398 e. The van der Waals surface area contributed by atoms with Crippen LogP contribution in [0.5, 0.6) is 0 Å². The molecule has 0 saturated carbocycles. The quantitative estimate of drug-likeness (QED) is 0.738. The van der Waals surface area contributed by atoms with Crippen molar-refractivity contribution >= 4 is 15.7 Å². The molecular formula is C11H15N5O2S. The molecule has 0 aromatic carbocycles. The summed E-state index contributed by atoms with van der Waals surface area (Å²) in [6.07, 6.45) is 8.55. The predicted molar refractivity (Wildman–Crippen MR) is 70.7 cm³/mol. The summed E-state index contributed by atoms with van der Waals surface area (Å²) in [5.74, 6) is 0. The molecule has 8 heteroatoms. The van der Waals surface area contributed by atoms with Crippen LogP contribution < -0.4 is 10.5 Å². The van der Waals surface area contributed by atoms with Gasteiger partial charge in [-0.1, -0.05) is 0 Å². The zero-order valence-electron chi connectivity index (χ0n) is 10.2. The summed E-state index contributed by atoms with van der Waals surface area (Å²) in [6, 6.07) is 1.46. The number of hydrogen-bond acceptors (Lipinski definition) is 5. The fourth-order valence-corrected chi connectivity index (χ4v) is 2.73. The maximum atomic E-state index is 12.0. The number of imidazole rings is 1. The van der Waals surface area contributed by atoms with E-state index in [1.807, 2.05) is 10.8 Å². The number of pyridine rings is 1. The first-order valence-corrected chi connectivity index (χ1v) is 7.23. The van der Waals surface area contributed by atoms with Gasteiger partial charge in [0.15, 0.2) is 0 Å². The minimum atomic E-state index is -3.59. The maximum Gasteiger partial charge on any atom is 0.244 e.